The third-order valence-corrected chi connectivity index (χ3v) is 4.07. The second-order valence-electron chi connectivity index (χ2n) is 5.79. The van der Waals surface area contributed by atoms with Crippen molar-refractivity contribution in [3.05, 3.63) is 92.2 Å². The van der Waals surface area contributed by atoms with E-state index in [9.17, 15) is 29.8 Å². The summed E-state index contributed by atoms with van der Waals surface area (Å²) in [5.74, 6) is 0. The van der Waals surface area contributed by atoms with Crippen molar-refractivity contribution in [2.24, 2.45) is 0 Å². The van der Waals surface area contributed by atoms with E-state index < -0.39 is 9.85 Å². The number of hydrogen-bond donors (Lipinski definition) is 0. The fraction of sp³-hybridized carbons (Fsp3) is 0. The molecule has 0 aliphatic rings. The van der Waals surface area contributed by atoms with Gasteiger partial charge < -0.3 is 0 Å². The highest BCUT2D eigenvalue weighted by atomic mass is 16.6. The highest BCUT2D eigenvalue weighted by molar-refractivity contribution is 5.87. The van der Waals surface area contributed by atoms with Gasteiger partial charge in [-0.25, -0.2) is 4.68 Å². The minimum Gasteiger partial charge on any atom is -0.298 e. The van der Waals surface area contributed by atoms with Gasteiger partial charge in [0.15, 0.2) is 6.29 Å². The SMILES string of the molecule is O=C/C=C(\c1ccc([N+](=O)[O-])cc1)n1cc(C=O)c(-c2ccc([N+](=O)[O-])cc2)n1. The number of nitro groups is 2. The topological polar surface area (TPSA) is 138 Å². The average molecular weight is 392 g/mol. The molecule has 0 amide bonds. The van der Waals surface area contributed by atoms with Crippen molar-refractivity contribution in [2.45, 2.75) is 0 Å². The van der Waals surface area contributed by atoms with E-state index in [0.717, 1.165) is 0 Å². The van der Waals surface area contributed by atoms with E-state index in [2.05, 4.69) is 5.10 Å². The number of nitrogens with zero attached hydrogens (tertiary/aromatic N) is 4. The van der Waals surface area contributed by atoms with Gasteiger partial charge in [0, 0.05) is 47.7 Å². The Bertz CT molecular complexity index is 1130. The lowest BCUT2D eigenvalue weighted by atomic mass is 10.1. The second-order valence-corrected chi connectivity index (χ2v) is 5.79. The minimum atomic E-state index is -0.544. The molecule has 1 heterocycles. The molecule has 0 fully saturated rings. The van der Waals surface area contributed by atoms with E-state index in [1.165, 1.54) is 65.5 Å². The Balaban J connectivity index is 2.05. The first-order valence-electron chi connectivity index (χ1n) is 8.15. The maximum atomic E-state index is 11.5. The monoisotopic (exact) mass is 392 g/mol. The maximum Gasteiger partial charge on any atom is 0.269 e. The normalized spacial score (nSPS) is 11.1. The third kappa shape index (κ3) is 3.95. The van der Waals surface area contributed by atoms with E-state index in [1.54, 1.807) is 0 Å². The predicted octanol–water partition coefficient (Wildman–Crippen LogP) is 3.27. The zero-order valence-corrected chi connectivity index (χ0v) is 14.7. The number of benzene rings is 2. The summed E-state index contributed by atoms with van der Waals surface area (Å²) in [6.45, 7) is 0. The number of aldehydes is 2. The predicted molar refractivity (Wildman–Crippen MR) is 102 cm³/mol. The highest BCUT2D eigenvalue weighted by Crippen LogP contribution is 2.27. The van der Waals surface area contributed by atoms with Crippen molar-refractivity contribution in [3.63, 3.8) is 0 Å². The first kappa shape index (κ1) is 19.3. The largest absolute Gasteiger partial charge is 0.298 e. The van der Waals surface area contributed by atoms with Crippen molar-refractivity contribution >= 4 is 29.6 Å². The van der Waals surface area contributed by atoms with Crippen LogP contribution in [-0.2, 0) is 4.79 Å². The number of nitro benzene ring substituents is 2. The third-order valence-electron chi connectivity index (χ3n) is 4.07. The van der Waals surface area contributed by atoms with Gasteiger partial charge in [-0.1, -0.05) is 0 Å². The standard InChI is InChI=1S/C19H12N4O6/c24-10-9-18(13-1-5-16(6-2-13)22(26)27)21-11-15(12-25)19(20-21)14-3-7-17(8-4-14)23(28)29/h1-12H/b18-9+. The van der Waals surface area contributed by atoms with Crippen LogP contribution in [0, 0.1) is 20.2 Å². The molecule has 2 aromatic carbocycles. The summed E-state index contributed by atoms with van der Waals surface area (Å²) in [5, 5.41) is 26.0. The minimum absolute atomic E-state index is 0.103. The van der Waals surface area contributed by atoms with Gasteiger partial charge in [0.05, 0.1) is 21.1 Å². The molecule has 0 saturated heterocycles. The molecule has 0 aliphatic heterocycles. The van der Waals surface area contributed by atoms with Crippen LogP contribution in [0.15, 0.2) is 60.8 Å². The van der Waals surface area contributed by atoms with Gasteiger partial charge in [0.2, 0.25) is 0 Å². The van der Waals surface area contributed by atoms with Crippen molar-refractivity contribution in [1.82, 2.24) is 9.78 Å². The number of carbonyl (C=O) groups excluding carboxylic acids is 2. The molecule has 0 atom stereocenters. The number of allylic oxidation sites excluding steroid dienone is 1. The molecule has 3 rings (SSSR count). The molecular weight excluding hydrogens is 380 g/mol. The molecule has 0 radical (unpaired) electrons. The Morgan fingerprint density at radius 2 is 1.45 bits per heavy atom. The lowest BCUT2D eigenvalue weighted by Crippen LogP contribution is -2.01. The van der Waals surface area contributed by atoms with Gasteiger partial charge in [0.25, 0.3) is 11.4 Å². The molecule has 0 bridgehead atoms. The molecule has 10 heteroatoms. The summed E-state index contributed by atoms with van der Waals surface area (Å²) < 4.78 is 1.30. The molecule has 0 unspecified atom stereocenters. The van der Waals surface area contributed by atoms with Crippen molar-refractivity contribution < 1.29 is 19.4 Å². The van der Waals surface area contributed by atoms with Crippen molar-refractivity contribution in [1.29, 1.82) is 0 Å². The van der Waals surface area contributed by atoms with E-state index in [4.69, 9.17) is 0 Å². The summed E-state index contributed by atoms with van der Waals surface area (Å²) in [5.41, 5.74) is 1.51. The van der Waals surface area contributed by atoms with Gasteiger partial charge in [0.1, 0.15) is 12.0 Å². The van der Waals surface area contributed by atoms with Crippen LogP contribution in [0.25, 0.3) is 17.0 Å². The van der Waals surface area contributed by atoms with Gasteiger partial charge >= 0.3 is 0 Å². The number of hydrogen-bond acceptors (Lipinski definition) is 7. The lowest BCUT2D eigenvalue weighted by molar-refractivity contribution is -0.385. The van der Waals surface area contributed by atoms with Crippen LogP contribution < -0.4 is 0 Å². The van der Waals surface area contributed by atoms with E-state index in [-0.39, 0.29) is 22.6 Å². The summed E-state index contributed by atoms with van der Waals surface area (Å²) in [6.07, 6.45) is 3.72. The lowest BCUT2D eigenvalue weighted by Gasteiger charge is -2.07. The van der Waals surface area contributed by atoms with Crippen LogP contribution in [-0.4, -0.2) is 32.2 Å². The zero-order chi connectivity index (χ0) is 21.0. The van der Waals surface area contributed by atoms with E-state index >= 15 is 0 Å². The van der Waals surface area contributed by atoms with Gasteiger partial charge in [-0.05, 0) is 24.3 Å². The molecule has 0 saturated carbocycles. The van der Waals surface area contributed by atoms with Gasteiger partial charge in [-0.3, -0.25) is 29.8 Å². The first-order valence-corrected chi connectivity index (χ1v) is 8.15. The Hall–Kier alpha value is -4.47. The Kier molecular flexibility index (Phi) is 5.35. The quantitative estimate of drug-likeness (QED) is 0.260. The highest BCUT2D eigenvalue weighted by Gasteiger charge is 2.16. The van der Waals surface area contributed by atoms with Crippen LogP contribution in [0.2, 0.25) is 0 Å². The smallest absolute Gasteiger partial charge is 0.269 e. The first-order chi connectivity index (χ1) is 13.9. The molecule has 29 heavy (non-hydrogen) atoms. The Labute approximate surface area is 163 Å². The number of aromatic nitrogens is 2. The molecule has 1 aromatic heterocycles. The van der Waals surface area contributed by atoms with E-state index in [1.807, 2.05) is 0 Å². The summed E-state index contributed by atoms with van der Waals surface area (Å²) in [4.78, 5) is 43.2. The fourth-order valence-electron chi connectivity index (χ4n) is 2.69. The maximum absolute atomic E-state index is 11.5. The Morgan fingerprint density at radius 1 is 0.897 bits per heavy atom. The van der Waals surface area contributed by atoms with Crippen LogP contribution in [0.3, 0.4) is 0 Å². The molecule has 0 aliphatic carbocycles. The summed E-state index contributed by atoms with van der Waals surface area (Å²) >= 11 is 0. The molecule has 0 spiro atoms. The number of non-ortho nitro benzene ring substituents is 2. The van der Waals surface area contributed by atoms with Crippen LogP contribution >= 0.6 is 0 Å². The van der Waals surface area contributed by atoms with E-state index in [0.29, 0.717) is 29.4 Å². The number of carbonyl (C=O) groups is 2. The van der Waals surface area contributed by atoms with Crippen molar-refractivity contribution in [3.8, 4) is 11.3 Å². The molecule has 0 N–H and O–H groups in total. The molecule has 3 aromatic rings. The summed E-state index contributed by atoms with van der Waals surface area (Å²) in [7, 11) is 0. The molecule has 10 nitrogen and oxygen atoms in total. The summed E-state index contributed by atoms with van der Waals surface area (Å²) in [6, 6.07) is 11.0. The average Bonchev–Trinajstić information content (AvgIpc) is 3.16. The van der Waals surface area contributed by atoms with Crippen molar-refractivity contribution in [2.75, 3.05) is 0 Å². The Morgan fingerprint density at radius 3 is 1.93 bits per heavy atom. The van der Waals surface area contributed by atoms with Crippen LogP contribution in [0.1, 0.15) is 15.9 Å². The molecule has 144 valence electrons. The van der Waals surface area contributed by atoms with Gasteiger partial charge in [-0.15, -0.1) is 0 Å². The van der Waals surface area contributed by atoms with Gasteiger partial charge in [-0.2, -0.15) is 5.10 Å². The van der Waals surface area contributed by atoms with Crippen LogP contribution in [0.5, 0.6) is 0 Å². The fourth-order valence-corrected chi connectivity index (χ4v) is 2.69. The zero-order valence-electron chi connectivity index (χ0n) is 14.7. The second kappa shape index (κ2) is 8.05. The number of rotatable bonds is 7. The van der Waals surface area contributed by atoms with Crippen LogP contribution in [0.4, 0.5) is 11.4 Å². The molecular formula is C19H12N4O6.